The van der Waals surface area contributed by atoms with E-state index in [0.717, 1.165) is 4.68 Å². The first-order valence-electron chi connectivity index (χ1n) is 4.58. The summed E-state index contributed by atoms with van der Waals surface area (Å²) in [5.41, 5.74) is -0.388. The van der Waals surface area contributed by atoms with Crippen LogP contribution in [0.1, 0.15) is 10.4 Å². The van der Waals surface area contributed by atoms with Crippen molar-refractivity contribution in [2.24, 2.45) is 0 Å². The van der Waals surface area contributed by atoms with E-state index in [4.69, 9.17) is 11.6 Å². The summed E-state index contributed by atoms with van der Waals surface area (Å²) in [4.78, 5) is 22.1. The second-order valence-electron chi connectivity index (χ2n) is 3.17. The van der Waals surface area contributed by atoms with Gasteiger partial charge in [-0.25, -0.2) is 4.68 Å². The molecule has 2 rings (SSSR count). The number of hydrogen-bond donors (Lipinski definition) is 0. The van der Waals surface area contributed by atoms with E-state index in [1.807, 2.05) is 0 Å². The maximum atomic E-state index is 11.9. The Morgan fingerprint density at radius 1 is 1.47 bits per heavy atom. The van der Waals surface area contributed by atoms with Crippen molar-refractivity contribution in [2.45, 2.75) is 0 Å². The molecule has 86 valence electrons. The number of carbonyl (C=O) groups excluding carboxylic acids is 1. The van der Waals surface area contributed by atoms with Crippen molar-refractivity contribution in [2.75, 3.05) is 0 Å². The summed E-state index contributed by atoms with van der Waals surface area (Å²) in [6.45, 7) is 0. The molecule has 0 saturated carbocycles. The summed E-state index contributed by atoms with van der Waals surface area (Å²) >= 11 is 5.72. The van der Waals surface area contributed by atoms with Gasteiger partial charge in [-0.15, -0.1) is 0 Å². The van der Waals surface area contributed by atoms with Gasteiger partial charge >= 0.3 is 0 Å². The van der Waals surface area contributed by atoms with Crippen LogP contribution in [0.2, 0.25) is 5.02 Å². The summed E-state index contributed by atoms with van der Waals surface area (Å²) in [5.74, 6) is -0.593. The minimum absolute atomic E-state index is 0.0915. The fraction of sp³-hybridized carbons (Fsp3) is 0. The molecule has 0 amide bonds. The normalized spacial score (nSPS) is 10.2. The number of nitro benzene ring substituents is 1. The number of nitrogens with zero attached hydrogens (tertiary/aromatic N) is 3. The highest BCUT2D eigenvalue weighted by Gasteiger charge is 2.21. The largest absolute Gasteiger partial charge is 0.285 e. The van der Waals surface area contributed by atoms with Crippen molar-refractivity contribution in [1.29, 1.82) is 0 Å². The Morgan fingerprint density at radius 3 is 2.82 bits per heavy atom. The average Bonchev–Trinajstić information content (AvgIpc) is 2.80. The predicted molar refractivity (Wildman–Crippen MR) is 60.1 cm³/mol. The molecule has 0 saturated heterocycles. The number of nitro groups is 1. The van der Waals surface area contributed by atoms with Crippen molar-refractivity contribution in [3.05, 3.63) is 57.4 Å². The molecule has 17 heavy (non-hydrogen) atoms. The van der Waals surface area contributed by atoms with Crippen LogP contribution in [0.4, 0.5) is 5.69 Å². The summed E-state index contributed by atoms with van der Waals surface area (Å²) in [6.07, 6.45) is 2.82. The molecule has 0 spiro atoms. The zero-order valence-corrected chi connectivity index (χ0v) is 9.16. The molecule has 1 aromatic carbocycles. The Hall–Kier alpha value is -2.21. The van der Waals surface area contributed by atoms with E-state index in [1.54, 1.807) is 6.07 Å². The molecule has 0 aliphatic heterocycles. The molecule has 6 nitrogen and oxygen atoms in total. The molecule has 7 heteroatoms. The van der Waals surface area contributed by atoms with Crippen LogP contribution in [0, 0.1) is 10.1 Å². The van der Waals surface area contributed by atoms with Gasteiger partial charge in [-0.3, -0.25) is 14.9 Å². The molecule has 0 atom stereocenters. The lowest BCUT2D eigenvalue weighted by molar-refractivity contribution is -0.385. The van der Waals surface area contributed by atoms with Crippen LogP contribution in [0.25, 0.3) is 0 Å². The van der Waals surface area contributed by atoms with E-state index in [0.29, 0.717) is 0 Å². The van der Waals surface area contributed by atoms with Gasteiger partial charge in [0.25, 0.3) is 11.6 Å². The number of halogens is 1. The Bertz CT molecular complexity index is 580. The van der Waals surface area contributed by atoms with Crippen molar-refractivity contribution >= 4 is 23.2 Å². The van der Waals surface area contributed by atoms with Gasteiger partial charge in [-0.2, -0.15) is 5.10 Å². The molecule has 0 fully saturated rings. The van der Waals surface area contributed by atoms with Crippen molar-refractivity contribution in [3.63, 3.8) is 0 Å². The third-order valence-corrected chi connectivity index (χ3v) is 2.33. The Kier molecular flexibility index (Phi) is 2.88. The van der Waals surface area contributed by atoms with Gasteiger partial charge in [0.05, 0.1) is 4.92 Å². The third kappa shape index (κ3) is 2.16. The standard InChI is InChI=1S/C10H6ClN3O3/c11-7-2-3-9(14(16)17)8(6-7)10(15)13-5-1-4-12-13/h1-6H. The second-order valence-corrected chi connectivity index (χ2v) is 3.61. The van der Waals surface area contributed by atoms with Crippen LogP contribution in [0.15, 0.2) is 36.7 Å². The quantitative estimate of drug-likeness (QED) is 0.605. The molecule has 1 aromatic heterocycles. The van der Waals surface area contributed by atoms with Gasteiger partial charge in [0.1, 0.15) is 5.56 Å². The molecule has 0 N–H and O–H groups in total. The molecule has 0 unspecified atom stereocenters. The zero-order valence-electron chi connectivity index (χ0n) is 8.41. The lowest BCUT2D eigenvalue weighted by Crippen LogP contribution is -2.14. The lowest BCUT2D eigenvalue weighted by Gasteiger charge is -2.02. The van der Waals surface area contributed by atoms with Gasteiger partial charge in [0.2, 0.25) is 0 Å². The first kappa shape index (κ1) is 11.3. The van der Waals surface area contributed by atoms with E-state index >= 15 is 0 Å². The molecule has 0 radical (unpaired) electrons. The maximum Gasteiger partial charge on any atom is 0.285 e. The summed E-state index contributed by atoms with van der Waals surface area (Å²) in [7, 11) is 0. The maximum absolute atomic E-state index is 11.9. The van der Waals surface area contributed by atoms with Crippen molar-refractivity contribution < 1.29 is 9.72 Å². The van der Waals surface area contributed by atoms with E-state index in [2.05, 4.69) is 5.10 Å². The van der Waals surface area contributed by atoms with Gasteiger partial charge in [0.15, 0.2) is 0 Å². The summed E-state index contributed by atoms with van der Waals surface area (Å²) < 4.78 is 1.01. The molecule has 1 heterocycles. The fourth-order valence-corrected chi connectivity index (χ4v) is 1.52. The highest BCUT2D eigenvalue weighted by Crippen LogP contribution is 2.23. The number of benzene rings is 1. The molecule has 0 aliphatic rings. The number of hydrogen-bond acceptors (Lipinski definition) is 4. The van der Waals surface area contributed by atoms with Crippen LogP contribution in [0.3, 0.4) is 0 Å². The summed E-state index contributed by atoms with van der Waals surface area (Å²) in [6, 6.07) is 5.36. The van der Waals surface area contributed by atoms with Crippen LogP contribution in [-0.4, -0.2) is 20.6 Å². The highest BCUT2D eigenvalue weighted by molar-refractivity contribution is 6.31. The molecule has 2 aromatic rings. The van der Waals surface area contributed by atoms with Gasteiger partial charge < -0.3 is 0 Å². The van der Waals surface area contributed by atoms with E-state index in [-0.39, 0.29) is 16.3 Å². The number of carbonyl (C=O) groups is 1. The molecular formula is C10H6ClN3O3. The summed E-state index contributed by atoms with van der Waals surface area (Å²) in [5, 5.41) is 14.8. The van der Waals surface area contributed by atoms with Crippen LogP contribution >= 0.6 is 11.6 Å². The van der Waals surface area contributed by atoms with E-state index in [9.17, 15) is 14.9 Å². The van der Waals surface area contributed by atoms with E-state index in [1.165, 1.54) is 30.6 Å². The van der Waals surface area contributed by atoms with Crippen LogP contribution in [-0.2, 0) is 0 Å². The lowest BCUT2D eigenvalue weighted by atomic mass is 10.1. The monoisotopic (exact) mass is 251 g/mol. The Labute approximate surface area is 101 Å². The third-order valence-electron chi connectivity index (χ3n) is 2.10. The average molecular weight is 252 g/mol. The van der Waals surface area contributed by atoms with Gasteiger partial charge in [-0.1, -0.05) is 11.6 Å². The Balaban J connectivity index is 2.54. The SMILES string of the molecule is O=C(c1cc(Cl)ccc1[N+](=O)[O-])n1cccn1. The fourth-order valence-electron chi connectivity index (χ4n) is 1.35. The van der Waals surface area contributed by atoms with Gasteiger partial charge in [-0.05, 0) is 18.2 Å². The van der Waals surface area contributed by atoms with E-state index < -0.39 is 10.8 Å². The first-order valence-corrected chi connectivity index (χ1v) is 4.95. The minimum atomic E-state index is -0.632. The first-order chi connectivity index (χ1) is 8.09. The Morgan fingerprint density at radius 2 is 2.24 bits per heavy atom. The number of aromatic nitrogens is 2. The van der Waals surface area contributed by atoms with Crippen LogP contribution in [0.5, 0.6) is 0 Å². The minimum Gasteiger partial charge on any atom is -0.266 e. The van der Waals surface area contributed by atoms with Crippen LogP contribution < -0.4 is 0 Å². The molecule has 0 bridgehead atoms. The molecule has 0 aliphatic carbocycles. The predicted octanol–water partition coefficient (Wildman–Crippen LogP) is 2.13. The van der Waals surface area contributed by atoms with Crippen molar-refractivity contribution in [1.82, 2.24) is 9.78 Å². The smallest absolute Gasteiger partial charge is 0.266 e. The molecular weight excluding hydrogens is 246 g/mol. The number of rotatable bonds is 2. The van der Waals surface area contributed by atoms with Gasteiger partial charge in [0, 0.05) is 23.5 Å². The zero-order chi connectivity index (χ0) is 12.4. The topological polar surface area (TPSA) is 78.0 Å². The van der Waals surface area contributed by atoms with Crippen molar-refractivity contribution in [3.8, 4) is 0 Å². The second kappa shape index (κ2) is 4.34. The highest BCUT2D eigenvalue weighted by atomic mass is 35.5.